The first-order valence-corrected chi connectivity index (χ1v) is 4.29. The Hall–Kier alpha value is -1.05. The second-order valence-electron chi connectivity index (χ2n) is 3.17. The molecule has 12 heavy (non-hydrogen) atoms. The van der Waals surface area contributed by atoms with Crippen LogP contribution in [-0.2, 0) is 0 Å². The lowest BCUT2D eigenvalue weighted by molar-refractivity contribution is 0.927. The van der Waals surface area contributed by atoms with E-state index in [-0.39, 0.29) is 0 Å². The largest absolute Gasteiger partial charge is 0.360 e. The molecule has 0 fully saturated rings. The zero-order valence-electron chi connectivity index (χ0n) is 8.26. The van der Waals surface area contributed by atoms with Crippen molar-refractivity contribution < 1.29 is 0 Å². The van der Waals surface area contributed by atoms with E-state index >= 15 is 0 Å². The van der Waals surface area contributed by atoms with E-state index in [1.54, 1.807) is 0 Å². The molecule has 0 atom stereocenters. The highest BCUT2D eigenvalue weighted by Crippen LogP contribution is 2.15. The zero-order valence-corrected chi connectivity index (χ0v) is 8.26. The van der Waals surface area contributed by atoms with E-state index in [1.165, 1.54) is 11.1 Å². The minimum absolute atomic E-state index is 0.997. The van der Waals surface area contributed by atoms with Crippen LogP contribution in [0.3, 0.4) is 0 Å². The van der Waals surface area contributed by atoms with Crippen molar-refractivity contribution in [2.45, 2.75) is 20.8 Å². The Morgan fingerprint density at radius 3 is 2.58 bits per heavy atom. The van der Waals surface area contributed by atoms with E-state index in [0.717, 1.165) is 12.4 Å². The van der Waals surface area contributed by atoms with E-state index in [4.69, 9.17) is 0 Å². The molecule has 0 bridgehead atoms. The van der Waals surface area contributed by atoms with Crippen LogP contribution in [-0.4, -0.2) is 18.6 Å². The highest BCUT2D eigenvalue weighted by atomic mass is 15.2. The van der Waals surface area contributed by atoms with Crippen LogP contribution < -0.4 is 4.90 Å². The van der Waals surface area contributed by atoms with Crippen LogP contribution in [0.4, 0.5) is 5.82 Å². The van der Waals surface area contributed by atoms with Gasteiger partial charge in [-0.25, -0.2) is 4.98 Å². The van der Waals surface area contributed by atoms with Gasteiger partial charge in [-0.3, -0.25) is 0 Å². The molecule has 0 radical (unpaired) electrons. The molecular weight excluding hydrogens is 148 g/mol. The Morgan fingerprint density at radius 2 is 2.08 bits per heavy atom. The molecule has 66 valence electrons. The first kappa shape index (κ1) is 9.04. The van der Waals surface area contributed by atoms with Crippen molar-refractivity contribution in [2.75, 3.05) is 18.5 Å². The number of nitrogens with zero attached hydrogens (tertiary/aromatic N) is 2. The fraction of sp³-hybridized carbons (Fsp3) is 0.500. The molecule has 1 rings (SSSR count). The zero-order chi connectivity index (χ0) is 9.14. The van der Waals surface area contributed by atoms with Gasteiger partial charge in [0.05, 0.1) is 0 Å². The Kier molecular flexibility index (Phi) is 2.69. The summed E-state index contributed by atoms with van der Waals surface area (Å²) in [5.41, 5.74) is 2.47. The molecule has 1 aromatic heterocycles. The predicted molar refractivity (Wildman–Crippen MR) is 52.7 cm³/mol. The highest BCUT2D eigenvalue weighted by Gasteiger charge is 2.02. The lowest BCUT2D eigenvalue weighted by Crippen LogP contribution is -2.18. The second kappa shape index (κ2) is 3.57. The Morgan fingerprint density at radius 1 is 1.42 bits per heavy atom. The van der Waals surface area contributed by atoms with Crippen LogP contribution in [0.25, 0.3) is 0 Å². The van der Waals surface area contributed by atoms with E-state index in [2.05, 4.69) is 43.8 Å². The van der Waals surface area contributed by atoms with Crippen molar-refractivity contribution in [3.63, 3.8) is 0 Å². The van der Waals surface area contributed by atoms with Gasteiger partial charge in [0.2, 0.25) is 0 Å². The molecule has 0 N–H and O–H groups in total. The monoisotopic (exact) mass is 164 g/mol. The third-order valence-electron chi connectivity index (χ3n) is 2.02. The van der Waals surface area contributed by atoms with E-state index in [0.29, 0.717) is 0 Å². The standard InChI is InChI=1S/C10H16N2/c1-5-12(4)10-9(3)6-8(2)7-11-10/h6-7H,5H2,1-4H3. The van der Waals surface area contributed by atoms with Crippen LogP contribution in [0.15, 0.2) is 12.3 Å². The Bertz CT molecular complexity index is 269. The SMILES string of the molecule is CCN(C)c1ncc(C)cc1C. The first-order valence-electron chi connectivity index (χ1n) is 4.29. The summed E-state index contributed by atoms with van der Waals surface area (Å²) in [6.07, 6.45) is 1.91. The summed E-state index contributed by atoms with van der Waals surface area (Å²) in [6.45, 7) is 7.29. The van der Waals surface area contributed by atoms with Crippen molar-refractivity contribution in [3.8, 4) is 0 Å². The summed E-state index contributed by atoms with van der Waals surface area (Å²) in [5, 5.41) is 0. The van der Waals surface area contributed by atoms with Crippen molar-refractivity contribution in [3.05, 3.63) is 23.4 Å². The summed E-state index contributed by atoms with van der Waals surface area (Å²) >= 11 is 0. The van der Waals surface area contributed by atoms with Crippen LogP contribution in [0.2, 0.25) is 0 Å². The molecule has 0 spiro atoms. The van der Waals surface area contributed by atoms with Gasteiger partial charge in [0.25, 0.3) is 0 Å². The fourth-order valence-electron chi connectivity index (χ4n) is 1.26. The van der Waals surface area contributed by atoms with Gasteiger partial charge in [-0.05, 0) is 31.9 Å². The molecule has 2 heteroatoms. The van der Waals surface area contributed by atoms with Gasteiger partial charge in [-0.2, -0.15) is 0 Å². The van der Waals surface area contributed by atoms with E-state index in [1.807, 2.05) is 6.20 Å². The number of aromatic nitrogens is 1. The smallest absolute Gasteiger partial charge is 0.131 e. The number of hydrogen-bond acceptors (Lipinski definition) is 2. The van der Waals surface area contributed by atoms with Crippen LogP contribution in [0.5, 0.6) is 0 Å². The molecule has 2 nitrogen and oxygen atoms in total. The molecule has 0 saturated heterocycles. The van der Waals surface area contributed by atoms with Gasteiger partial charge in [0, 0.05) is 19.8 Å². The molecule has 0 unspecified atom stereocenters. The third kappa shape index (κ3) is 1.76. The topological polar surface area (TPSA) is 16.1 Å². The minimum atomic E-state index is 0.997. The summed E-state index contributed by atoms with van der Waals surface area (Å²) in [7, 11) is 2.06. The molecule has 0 amide bonds. The van der Waals surface area contributed by atoms with Gasteiger partial charge in [-0.1, -0.05) is 6.07 Å². The maximum atomic E-state index is 4.37. The molecule has 0 aliphatic heterocycles. The van der Waals surface area contributed by atoms with Crippen molar-refractivity contribution >= 4 is 5.82 Å². The third-order valence-corrected chi connectivity index (χ3v) is 2.02. The number of rotatable bonds is 2. The maximum absolute atomic E-state index is 4.37. The summed E-state index contributed by atoms with van der Waals surface area (Å²) in [4.78, 5) is 6.52. The number of pyridine rings is 1. The lowest BCUT2D eigenvalue weighted by Gasteiger charge is -2.17. The molecule has 1 heterocycles. The number of anilines is 1. The van der Waals surface area contributed by atoms with Gasteiger partial charge in [-0.15, -0.1) is 0 Å². The first-order chi connectivity index (χ1) is 5.65. The van der Waals surface area contributed by atoms with Gasteiger partial charge in [0.1, 0.15) is 5.82 Å². The maximum Gasteiger partial charge on any atom is 0.131 e. The molecule has 0 aliphatic carbocycles. The van der Waals surface area contributed by atoms with Gasteiger partial charge < -0.3 is 4.90 Å². The van der Waals surface area contributed by atoms with Gasteiger partial charge in [0.15, 0.2) is 0 Å². The average molecular weight is 164 g/mol. The molecule has 0 aliphatic rings. The van der Waals surface area contributed by atoms with Crippen LogP contribution in [0, 0.1) is 13.8 Å². The lowest BCUT2D eigenvalue weighted by atomic mass is 10.2. The van der Waals surface area contributed by atoms with Crippen LogP contribution >= 0.6 is 0 Å². The molecule has 1 aromatic rings. The van der Waals surface area contributed by atoms with Gasteiger partial charge >= 0.3 is 0 Å². The predicted octanol–water partition coefficient (Wildman–Crippen LogP) is 2.15. The summed E-state index contributed by atoms with van der Waals surface area (Å²) < 4.78 is 0. The second-order valence-corrected chi connectivity index (χ2v) is 3.17. The summed E-state index contributed by atoms with van der Waals surface area (Å²) in [6, 6.07) is 2.16. The number of aryl methyl sites for hydroxylation is 2. The van der Waals surface area contributed by atoms with Crippen LogP contribution in [0.1, 0.15) is 18.1 Å². The van der Waals surface area contributed by atoms with Crippen molar-refractivity contribution in [2.24, 2.45) is 0 Å². The quantitative estimate of drug-likeness (QED) is 0.666. The number of hydrogen-bond donors (Lipinski definition) is 0. The normalized spacial score (nSPS) is 10.0. The van der Waals surface area contributed by atoms with E-state index in [9.17, 15) is 0 Å². The van der Waals surface area contributed by atoms with Crippen molar-refractivity contribution in [1.82, 2.24) is 4.98 Å². The molecule has 0 saturated carbocycles. The molecular formula is C10H16N2. The fourth-order valence-corrected chi connectivity index (χ4v) is 1.26. The average Bonchev–Trinajstić information content (AvgIpc) is 2.03. The summed E-state index contributed by atoms with van der Waals surface area (Å²) in [5.74, 6) is 1.09. The Labute approximate surface area is 74.2 Å². The minimum Gasteiger partial charge on any atom is -0.360 e. The van der Waals surface area contributed by atoms with Crippen molar-refractivity contribution in [1.29, 1.82) is 0 Å². The molecule has 0 aromatic carbocycles. The highest BCUT2D eigenvalue weighted by molar-refractivity contribution is 5.46. The Balaban J connectivity index is 3.01. The van der Waals surface area contributed by atoms with E-state index < -0.39 is 0 Å².